The summed E-state index contributed by atoms with van der Waals surface area (Å²) in [5, 5.41) is 11.2. The van der Waals surface area contributed by atoms with E-state index in [0.717, 1.165) is 0 Å². The second kappa shape index (κ2) is 9.96. The van der Waals surface area contributed by atoms with E-state index in [-0.39, 0.29) is 24.5 Å². The lowest BCUT2D eigenvalue weighted by Crippen LogP contribution is -2.32. The van der Waals surface area contributed by atoms with E-state index in [9.17, 15) is 19.1 Å². The van der Waals surface area contributed by atoms with Crippen LogP contribution in [-0.2, 0) is 14.3 Å². The van der Waals surface area contributed by atoms with Crippen molar-refractivity contribution in [1.82, 2.24) is 4.90 Å². The number of likely N-dealkylation sites (tertiary alicyclic amines) is 1. The number of hydrogen-bond donors (Lipinski definition) is 1. The minimum Gasteiger partial charge on any atom is -0.507 e. The van der Waals surface area contributed by atoms with E-state index < -0.39 is 23.5 Å². The second-order valence-electron chi connectivity index (χ2n) is 8.22. The lowest BCUT2D eigenvalue weighted by Gasteiger charge is -2.25. The van der Waals surface area contributed by atoms with Gasteiger partial charge in [-0.1, -0.05) is 26.0 Å². The van der Waals surface area contributed by atoms with E-state index in [4.69, 9.17) is 9.47 Å². The highest BCUT2D eigenvalue weighted by Crippen LogP contribution is 2.40. The number of methoxy groups -OCH3 is 1. The van der Waals surface area contributed by atoms with Crippen LogP contribution in [0.3, 0.4) is 0 Å². The highest BCUT2D eigenvalue weighted by atomic mass is 19.1. The van der Waals surface area contributed by atoms with Crippen molar-refractivity contribution in [3.8, 4) is 5.75 Å². The fourth-order valence-electron chi connectivity index (χ4n) is 3.69. The first-order chi connectivity index (χ1) is 15.2. The molecule has 1 aliphatic heterocycles. The Morgan fingerprint density at radius 1 is 1.16 bits per heavy atom. The van der Waals surface area contributed by atoms with Crippen LogP contribution in [0.1, 0.15) is 36.6 Å². The standard InChI is InChI=1S/C25H28FNO5/c1-15(2)14-32-19-9-10-20(16(3)13-19)23(28)21-22(17-5-7-18(26)8-6-17)27(11-12-31-4)25(30)24(21)29/h5-10,13,15,22,28H,11-12,14H2,1-4H3/t22-/m1/s1. The van der Waals surface area contributed by atoms with Crippen molar-refractivity contribution in [3.63, 3.8) is 0 Å². The fourth-order valence-corrected chi connectivity index (χ4v) is 3.69. The molecule has 0 saturated carbocycles. The van der Waals surface area contributed by atoms with Gasteiger partial charge in [-0.3, -0.25) is 9.59 Å². The Hall–Kier alpha value is -3.19. The molecule has 0 spiro atoms. The van der Waals surface area contributed by atoms with Crippen LogP contribution in [0.5, 0.6) is 5.75 Å². The molecule has 1 aliphatic rings. The Balaban J connectivity index is 2.07. The van der Waals surface area contributed by atoms with Gasteiger partial charge in [-0.05, 0) is 54.3 Å². The summed E-state index contributed by atoms with van der Waals surface area (Å²) < 4.78 is 24.3. The van der Waals surface area contributed by atoms with E-state index in [1.165, 1.54) is 36.3 Å². The topological polar surface area (TPSA) is 76.1 Å². The maximum atomic E-state index is 13.5. The summed E-state index contributed by atoms with van der Waals surface area (Å²) in [6.07, 6.45) is 0. The smallest absolute Gasteiger partial charge is 0.295 e. The number of aliphatic hydroxyl groups excluding tert-OH is 1. The third-order valence-corrected chi connectivity index (χ3v) is 5.30. The third kappa shape index (κ3) is 4.83. The van der Waals surface area contributed by atoms with Crippen LogP contribution >= 0.6 is 0 Å². The number of halogens is 1. The summed E-state index contributed by atoms with van der Waals surface area (Å²) in [7, 11) is 1.50. The number of Topliss-reactive ketones (excluding diaryl/α,β-unsaturated/α-hetero) is 1. The summed E-state index contributed by atoms with van der Waals surface area (Å²) >= 11 is 0. The minimum absolute atomic E-state index is 0.0309. The number of rotatable bonds is 8. The highest BCUT2D eigenvalue weighted by Gasteiger charge is 2.46. The van der Waals surface area contributed by atoms with Crippen LogP contribution in [0.4, 0.5) is 4.39 Å². The number of aryl methyl sites for hydroxylation is 1. The number of hydrogen-bond acceptors (Lipinski definition) is 5. The molecule has 1 saturated heterocycles. The Bertz CT molecular complexity index is 1030. The maximum absolute atomic E-state index is 13.5. The molecule has 2 aromatic rings. The summed E-state index contributed by atoms with van der Waals surface area (Å²) in [6.45, 7) is 6.81. The van der Waals surface area contributed by atoms with Gasteiger partial charge in [-0.15, -0.1) is 0 Å². The molecule has 7 heteroatoms. The first kappa shape index (κ1) is 23.5. The number of amides is 1. The molecule has 6 nitrogen and oxygen atoms in total. The van der Waals surface area contributed by atoms with Gasteiger partial charge in [0, 0.05) is 19.2 Å². The summed E-state index contributed by atoms with van der Waals surface area (Å²) in [4.78, 5) is 27.1. The average Bonchev–Trinajstić information content (AvgIpc) is 3.01. The van der Waals surface area contributed by atoms with Gasteiger partial charge in [-0.25, -0.2) is 4.39 Å². The minimum atomic E-state index is -0.845. The van der Waals surface area contributed by atoms with Crippen molar-refractivity contribution >= 4 is 17.4 Å². The number of carbonyl (C=O) groups excluding carboxylic acids is 2. The number of carbonyl (C=O) groups is 2. The van der Waals surface area contributed by atoms with E-state index in [1.807, 2.05) is 13.8 Å². The molecular formula is C25H28FNO5. The van der Waals surface area contributed by atoms with E-state index >= 15 is 0 Å². The normalized spacial score (nSPS) is 17.9. The molecule has 2 aromatic carbocycles. The van der Waals surface area contributed by atoms with Gasteiger partial charge in [0.15, 0.2) is 0 Å². The third-order valence-electron chi connectivity index (χ3n) is 5.30. The largest absolute Gasteiger partial charge is 0.507 e. The van der Waals surface area contributed by atoms with Crippen molar-refractivity contribution in [3.05, 3.63) is 70.5 Å². The lowest BCUT2D eigenvalue weighted by molar-refractivity contribution is -0.140. The number of nitrogens with zero attached hydrogens (tertiary/aromatic N) is 1. The van der Waals surface area contributed by atoms with Crippen LogP contribution in [0.2, 0.25) is 0 Å². The van der Waals surface area contributed by atoms with Gasteiger partial charge < -0.3 is 19.5 Å². The van der Waals surface area contributed by atoms with Gasteiger partial charge in [0.1, 0.15) is 17.3 Å². The predicted molar refractivity (Wildman–Crippen MR) is 119 cm³/mol. The Morgan fingerprint density at radius 3 is 2.44 bits per heavy atom. The van der Waals surface area contributed by atoms with Crippen LogP contribution in [0, 0.1) is 18.7 Å². The number of aliphatic hydroxyl groups is 1. The zero-order valence-corrected chi connectivity index (χ0v) is 18.7. The fraction of sp³-hybridized carbons (Fsp3) is 0.360. The zero-order valence-electron chi connectivity index (χ0n) is 18.7. The van der Waals surface area contributed by atoms with Crippen LogP contribution in [0.15, 0.2) is 48.0 Å². The lowest BCUT2D eigenvalue weighted by atomic mass is 9.94. The summed E-state index contributed by atoms with van der Waals surface area (Å²) in [5.74, 6) is -1.20. The molecule has 3 rings (SSSR count). The number of ether oxygens (including phenoxy) is 2. The Kier molecular flexibility index (Phi) is 7.30. The van der Waals surface area contributed by atoms with E-state index in [1.54, 1.807) is 25.1 Å². The monoisotopic (exact) mass is 441 g/mol. The summed E-state index contributed by atoms with van der Waals surface area (Å²) in [5.41, 5.74) is 1.62. The van der Waals surface area contributed by atoms with Crippen LogP contribution in [-0.4, -0.2) is 48.6 Å². The van der Waals surface area contributed by atoms with E-state index in [0.29, 0.717) is 35.0 Å². The van der Waals surface area contributed by atoms with Crippen molar-refractivity contribution in [2.45, 2.75) is 26.8 Å². The van der Waals surface area contributed by atoms with Gasteiger partial charge in [-0.2, -0.15) is 0 Å². The van der Waals surface area contributed by atoms with Crippen molar-refractivity contribution in [2.75, 3.05) is 26.9 Å². The van der Waals surface area contributed by atoms with Crippen molar-refractivity contribution < 1.29 is 28.6 Å². The van der Waals surface area contributed by atoms with Gasteiger partial charge in [0.2, 0.25) is 0 Å². The quantitative estimate of drug-likeness (QED) is 0.377. The molecule has 0 radical (unpaired) electrons. The molecule has 1 heterocycles. The number of ketones is 1. The molecular weight excluding hydrogens is 413 g/mol. The van der Waals surface area contributed by atoms with Crippen molar-refractivity contribution in [1.29, 1.82) is 0 Å². The van der Waals surface area contributed by atoms with Crippen LogP contribution in [0.25, 0.3) is 5.76 Å². The summed E-state index contributed by atoms with van der Waals surface area (Å²) in [6, 6.07) is 9.87. The molecule has 32 heavy (non-hydrogen) atoms. The second-order valence-corrected chi connectivity index (χ2v) is 8.22. The molecule has 1 amide bonds. The van der Waals surface area contributed by atoms with Gasteiger partial charge >= 0.3 is 0 Å². The molecule has 170 valence electrons. The molecule has 1 fully saturated rings. The molecule has 0 aromatic heterocycles. The highest BCUT2D eigenvalue weighted by molar-refractivity contribution is 6.46. The average molecular weight is 441 g/mol. The molecule has 0 bridgehead atoms. The first-order valence-corrected chi connectivity index (χ1v) is 10.5. The van der Waals surface area contributed by atoms with Gasteiger partial charge in [0.25, 0.3) is 11.7 Å². The molecule has 0 unspecified atom stereocenters. The Labute approximate surface area is 187 Å². The molecule has 0 aliphatic carbocycles. The number of benzene rings is 2. The zero-order chi connectivity index (χ0) is 23.4. The molecule has 1 N–H and O–H groups in total. The molecule has 1 atom stereocenters. The van der Waals surface area contributed by atoms with Crippen molar-refractivity contribution in [2.24, 2.45) is 5.92 Å². The van der Waals surface area contributed by atoms with E-state index in [2.05, 4.69) is 0 Å². The van der Waals surface area contributed by atoms with Gasteiger partial charge in [0.05, 0.1) is 24.8 Å². The Morgan fingerprint density at radius 2 is 1.84 bits per heavy atom. The van der Waals surface area contributed by atoms with Crippen LogP contribution < -0.4 is 4.74 Å². The predicted octanol–water partition coefficient (Wildman–Crippen LogP) is 4.24. The SMILES string of the molecule is COCCN1C(=O)C(=O)C(=C(O)c2ccc(OCC(C)C)cc2C)[C@H]1c1ccc(F)cc1. The maximum Gasteiger partial charge on any atom is 0.295 e. The first-order valence-electron chi connectivity index (χ1n) is 10.5.